The van der Waals surface area contributed by atoms with Crippen LogP contribution in [0.1, 0.15) is 31.1 Å². The molecule has 1 N–H and O–H groups in total. The van der Waals surface area contributed by atoms with Crippen molar-refractivity contribution in [1.29, 1.82) is 0 Å². The van der Waals surface area contributed by atoms with Gasteiger partial charge in [0.05, 0.1) is 6.61 Å². The molecule has 1 rings (SSSR count). The van der Waals surface area contributed by atoms with E-state index in [-0.39, 0.29) is 12.2 Å². The molecule has 0 saturated heterocycles. The van der Waals surface area contributed by atoms with Crippen LogP contribution in [0.25, 0.3) is 0 Å². The van der Waals surface area contributed by atoms with Crippen LogP contribution < -0.4 is 5.32 Å². The minimum atomic E-state index is -0.555. The van der Waals surface area contributed by atoms with E-state index in [0.29, 0.717) is 17.9 Å². The van der Waals surface area contributed by atoms with Gasteiger partial charge in [-0.1, -0.05) is 33.1 Å². The summed E-state index contributed by atoms with van der Waals surface area (Å²) in [6.45, 7) is 13.1. The van der Waals surface area contributed by atoms with Crippen LogP contribution in [0.4, 0.5) is 10.2 Å². The van der Waals surface area contributed by atoms with E-state index in [1.807, 2.05) is 13.8 Å². The highest BCUT2D eigenvalue weighted by Gasteiger charge is 2.13. The molecule has 0 bridgehead atoms. The summed E-state index contributed by atoms with van der Waals surface area (Å²) in [6.07, 6.45) is 5.37. The van der Waals surface area contributed by atoms with Gasteiger partial charge in [-0.25, -0.2) is 19.2 Å². The third-order valence-corrected chi connectivity index (χ3v) is 2.19. The van der Waals surface area contributed by atoms with Crippen molar-refractivity contribution in [2.75, 3.05) is 18.5 Å². The van der Waals surface area contributed by atoms with E-state index in [2.05, 4.69) is 28.4 Å². The van der Waals surface area contributed by atoms with Gasteiger partial charge < -0.3 is 10.1 Å². The maximum absolute atomic E-state index is 12.5. The molecule has 0 aliphatic rings. The first-order valence-electron chi connectivity index (χ1n) is 6.95. The Balaban J connectivity index is 0.00000211. The first-order chi connectivity index (χ1) is 10.5. The van der Waals surface area contributed by atoms with Crippen LogP contribution in [0.3, 0.4) is 0 Å². The summed E-state index contributed by atoms with van der Waals surface area (Å²) >= 11 is 0. The second kappa shape index (κ2) is 11.2. The van der Waals surface area contributed by atoms with Crippen molar-refractivity contribution in [1.82, 2.24) is 9.97 Å². The van der Waals surface area contributed by atoms with Crippen molar-refractivity contribution in [3.63, 3.8) is 0 Å². The number of halogens is 1. The fraction of sp³-hybridized carbons (Fsp3) is 0.312. The summed E-state index contributed by atoms with van der Waals surface area (Å²) in [5.41, 5.74) is 0.846. The number of hydrogen-bond acceptors (Lipinski definition) is 5. The van der Waals surface area contributed by atoms with Gasteiger partial charge >= 0.3 is 5.97 Å². The Kier molecular flexibility index (Phi) is 9.92. The fourth-order valence-corrected chi connectivity index (χ4v) is 1.29. The summed E-state index contributed by atoms with van der Waals surface area (Å²) in [4.78, 5) is 19.4. The number of rotatable bonds is 7. The molecule has 1 aromatic rings. The second-order valence-corrected chi connectivity index (χ2v) is 3.80. The van der Waals surface area contributed by atoms with Gasteiger partial charge in [-0.3, -0.25) is 0 Å². The molecule has 0 aliphatic heterocycles. The smallest absolute Gasteiger partial charge is 0.343 e. The lowest BCUT2D eigenvalue weighted by atomic mass is 10.2. The number of carbonyl (C=O) groups excluding carboxylic acids is 1. The normalized spacial score (nSPS) is 9.64. The van der Waals surface area contributed by atoms with Crippen LogP contribution in [0.5, 0.6) is 0 Å². The molecule has 1 heterocycles. The number of allylic oxidation sites excluding steroid dienone is 2. The second-order valence-electron chi connectivity index (χ2n) is 3.80. The number of anilines is 1. The van der Waals surface area contributed by atoms with Gasteiger partial charge in [0.25, 0.3) is 0 Å². The molecule has 0 atom stereocenters. The van der Waals surface area contributed by atoms with E-state index in [9.17, 15) is 9.18 Å². The Morgan fingerprint density at radius 2 is 2.09 bits per heavy atom. The highest BCUT2D eigenvalue weighted by Crippen LogP contribution is 2.12. The Morgan fingerprint density at radius 1 is 1.41 bits per heavy atom. The average Bonchev–Trinajstić information content (AvgIpc) is 2.53. The van der Waals surface area contributed by atoms with Crippen molar-refractivity contribution in [3.05, 3.63) is 54.8 Å². The molecule has 22 heavy (non-hydrogen) atoms. The fourth-order valence-electron chi connectivity index (χ4n) is 1.29. The van der Waals surface area contributed by atoms with Gasteiger partial charge in [-0.2, -0.15) is 0 Å². The first-order valence-corrected chi connectivity index (χ1v) is 6.95. The van der Waals surface area contributed by atoms with E-state index in [1.165, 1.54) is 24.7 Å². The quantitative estimate of drug-likeness (QED) is 0.615. The summed E-state index contributed by atoms with van der Waals surface area (Å²) in [6, 6.07) is 0. The predicted molar refractivity (Wildman–Crippen MR) is 86.4 cm³/mol. The van der Waals surface area contributed by atoms with Crippen LogP contribution in [-0.2, 0) is 4.74 Å². The van der Waals surface area contributed by atoms with Crippen LogP contribution >= 0.6 is 0 Å². The van der Waals surface area contributed by atoms with Crippen molar-refractivity contribution in [3.8, 4) is 0 Å². The third kappa shape index (κ3) is 7.33. The summed E-state index contributed by atoms with van der Waals surface area (Å²) in [5.74, 6) is -0.721. The number of esters is 1. The molecular formula is C16H22FN3O2. The van der Waals surface area contributed by atoms with Crippen LogP contribution in [-0.4, -0.2) is 29.1 Å². The third-order valence-electron chi connectivity index (χ3n) is 2.19. The maximum atomic E-state index is 12.5. The molecule has 0 aromatic carbocycles. The molecule has 0 aliphatic carbocycles. The van der Waals surface area contributed by atoms with Gasteiger partial charge in [0.2, 0.25) is 0 Å². The Bertz CT molecular complexity index is 542. The Hall–Kier alpha value is -2.50. The van der Waals surface area contributed by atoms with Crippen molar-refractivity contribution >= 4 is 11.8 Å². The lowest BCUT2D eigenvalue weighted by Crippen LogP contribution is -2.13. The van der Waals surface area contributed by atoms with Crippen LogP contribution in [0, 0.1) is 0 Å². The SMILES string of the molecule is C=C(F)/C=C\C(=C)CNc1ncncc1C(=O)OCC.CC. The summed E-state index contributed by atoms with van der Waals surface area (Å²) < 4.78 is 17.4. The number of aromatic nitrogens is 2. The maximum Gasteiger partial charge on any atom is 0.343 e. The number of nitrogens with zero attached hydrogens (tertiary/aromatic N) is 2. The van der Waals surface area contributed by atoms with Crippen molar-refractivity contribution < 1.29 is 13.9 Å². The van der Waals surface area contributed by atoms with E-state index in [4.69, 9.17) is 4.74 Å². The summed E-state index contributed by atoms with van der Waals surface area (Å²) in [7, 11) is 0. The molecular weight excluding hydrogens is 285 g/mol. The van der Waals surface area contributed by atoms with Crippen LogP contribution in [0.2, 0.25) is 0 Å². The molecule has 0 spiro atoms. The molecule has 1 aromatic heterocycles. The van der Waals surface area contributed by atoms with Crippen molar-refractivity contribution in [2.45, 2.75) is 20.8 Å². The van der Waals surface area contributed by atoms with Gasteiger partial charge in [0, 0.05) is 12.7 Å². The number of ether oxygens (including phenoxy) is 1. The number of nitrogens with one attached hydrogen (secondary N) is 1. The Morgan fingerprint density at radius 3 is 2.68 bits per heavy atom. The predicted octanol–water partition coefficient (Wildman–Crippen LogP) is 3.69. The zero-order valence-corrected chi connectivity index (χ0v) is 13.2. The molecule has 0 fully saturated rings. The van der Waals surface area contributed by atoms with E-state index in [1.54, 1.807) is 6.92 Å². The first kappa shape index (κ1) is 19.5. The molecule has 5 nitrogen and oxygen atoms in total. The lowest BCUT2D eigenvalue weighted by Gasteiger charge is -2.09. The molecule has 0 unspecified atom stereocenters. The number of carbonyl (C=O) groups is 1. The molecule has 120 valence electrons. The van der Waals surface area contributed by atoms with Gasteiger partial charge in [0.1, 0.15) is 23.5 Å². The van der Waals surface area contributed by atoms with E-state index in [0.717, 1.165) is 0 Å². The monoisotopic (exact) mass is 307 g/mol. The van der Waals surface area contributed by atoms with Crippen LogP contribution in [0.15, 0.2) is 49.2 Å². The number of hydrogen-bond donors (Lipinski definition) is 1. The highest BCUT2D eigenvalue weighted by molar-refractivity contribution is 5.94. The lowest BCUT2D eigenvalue weighted by molar-refractivity contribution is 0.0526. The van der Waals surface area contributed by atoms with Gasteiger partial charge in [-0.15, -0.1) is 0 Å². The van der Waals surface area contributed by atoms with E-state index >= 15 is 0 Å². The van der Waals surface area contributed by atoms with Gasteiger partial charge in [-0.05, 0) is 18.6 Å². The minimum Gasteiger partial charge on any atom is -0.462 e. The molecule has 0 radical (unpaired) electrons. The zero-order valence-electron chi connectivity index (χ0n) is 13.2. The summed E-state index contributed by atoms with van der Waals surface area (Å²) in [5, 5.41) is 2.92. The molecule has 6 heteroatoms. The molecule has 0 saturated carbocycles. The topological polar surface area (TPSA) is 64.1 Å². The highest BCUT2D eigenvalue weighted by atomic mass is 19.1. The standard InChI is InChI=1S/C14H16FN3O2.C2H6/c1-4-20-14(19)12-8-16-9-18-13(12)17-7-10(2)5-6-11(3)15;1-2/h5-6,8-9H,2-4,7H2,1H3,(H,16,17,18);1-2H3/b6-5-;. The van der Waals surface area contributed by atoms with Gasteiger partial charge in [0.15, 0.2) is 0 Å². The largest absolute Gasteiger partial charge is 0.462 e. The Labute approximate surface area is 130 Å². The van der Waals surface area contributed by atoms with Crippen molar-refractivity contribution in [2.24, 2.45) is 0 Å². The minimum absolute atomic E-state index is 0.237. The molecule has 0 amide bonds. The average molecular weight is 307 g/mol. The van der Waals surface area contributed by atoms with E-state index < -0.39 is 11.8 Å². The zero-order chi connectivity index (χ0) is 17.0.